The molecule has 0 unspecified atom stereocenters. The van der Waals surface area contributed by atoms with E-state index in [1.54, 1.807) is 0 Å². The Morgan fingerprint density at radius 1 is 1.04 bits per heavy atom. The van der Waals surface area contributed by atoms with Crippen LogP contribution in [0.5, 0.6) is 6.01 Å². The lowest BCUT2D eigenvalue weighted by molar-refractivity contribution is -0.0110. The molecule has 0 saturated heterocycles. The summed E-state index contributed by atoms with van der Waals surface area (Å²) in [6.07, 6.45) is 8.21. The first kappa shape index (κ1) is 15.7. The molecule has 25 heavy (non-hydrogen) atoms. The first-order valence-electron chi connectivity index (χ1n) is 9.38. The van der Waals surface area contributed by atoms with Crippen LogP contribution in [-0.2, 0) is 19.1 Å². The van der Waals surface area contributed by atoms with Crippen molar-refractivity contribution in [1.82, 2.24) is 14.8 Å². The van der Waals surface area contributed by atoms with Crippen molar-refractivity contribution in [2.75, 3.05) is 0 Å². The summed E-state index contributed by atoms with van der Waals surface area (Å²) in [4.78, 5) is 0. The second-order valence-electron chi connectivity index (χ2n) is 8.48. The molecular weight excluding hydrogens is 334 g/mol. The Balaban J connectivity index is 1.37. The van der Waals surface area contributed by atoms with E-state index in [1.807, 2.05) is 24.3 Å². The van der Waals surface area contributed by atoms with Crippen LogP contribution in [-0.4, -0.2) is 14.8 Å². The lowest BCUT2D eigenvalue weighted by Crippen LogP contribution is -2.49. The van der Waals surface area contributed by atoms with Gasteiger partial charge in [0.2, 0.25) is 0 Å². The quantitative estimate of drug-likeness (QED) is 0.807. The smallest absolute Gasteiger partial charge is 0.317 e. The maximum absolute atomic E-state index is 5.95. The normalized spacial score (nSPS) is 33.0. The summed E-state index contributed by atoms with van der Waals surface area (Å²) < 4.78 is 8.05. The van der Waals surface area contributed by atoms with Gasteiger partial charge in [0, 0.05) is 17.5 Å². The van der Waals surface area contributed by atoms with Crippen molar-refractivity contribution in [1.29, 1.82) is 0 Å². The van der Waals surface area contributed by atoms with Gasteiger partial charge >= 0.3 is 6.01 Å². The predicted octanol–water partition coefficient (Wildman–Crippen LogP) is 4.52. The number of nitrogens with zero attached hydrogens (tertiary/aromatic N) is 3. The number of ether oxygens (including phenoxy) is 1. The Kier molecular flexibility index (Phi) is 3.60. The number of hydrogen-bond acceptors (Lipinski definition) is 3. The van der Waals surface area contributed by atoms with Crippen molar-refractivity contribution < 1.29 is 4.74 Å². The highest BCUT2D eigenvalue weighted by Crippen LogP contribution is 2.60. The molecule has 2 aromatic rings. The minimum Gasteiger partial charge on any atom is -0.459 e. The Labute approximate surface area is 153 Å². The molecule has 4 fully saturated rings. The van der Waals surface area contributed by atoms with E-state index in [0.717, 1.165) is 34.2 Å². The van der Waals surface area contributed by atoms with Gasteiger partial charge in [0.15, 0.2) is 0 Å². The van der Waals surface area contributed by atoms with Crippen LogP contribution in [0.2, 0.25) is 5.02 Å². The highest BCUT2D eigenvalue weighted by molar-refractivity contribution is 6.30. The van der Waals surface area contributed by atoms with E-state index < -0.39 is 0 Å². The third-order valence-electron chi connectivity index (χ3n) is 6.63. The zero-order valence-corrected chi connectivity index (χ0v) is 15.4. The standard InChI is InChI=1S/C20H24ClN3O/c1-24-18(20-9-14-6-15(10-20)8-16(7-14)11-20)22-23-19(24)25-12-13-2-4-17(21)5-3-13/h2-5,14-16H,6-12H2,1H3. The van der Waals surface area contributed by atoms with Gasteiger partial charge in [0.25, 0.3) is 0 Å². The van der Waals surface area contributed by atoms with Gasteiger partial charge in [-0.1, -0.05) is 28.8 Å². The van der Waals surface area contributed by atoms with E-state index in [4.69, 9.17) is 16.3 Å². The van der Waals surface area contributed by atoms with Gasteiger partial charge in [0.1, 0.15) is 12.4 Å². The molecule has 0 radical (unpaired) electrons. The minimum atomic E-state index is 0.248. The summed E-state index contributed by atoms with van der Waals surface area (Å²) in [5.74, 6) is 3.86. The zero-order chi connectivity index (χ0) is 17.0. The summed E-state index contributed by atoms with van der Waals surface area (Å²) in [5, 5.41) is 9.71. The highest BCUT2D eigenvalue weighted by Gasteiger charge is 2.53. The van der Waals surface area contributed by atoms with Crippen LogP contribution >= 0.6 is 11.6 Å². The molecule has 6 rings (SSSR count). The fraction of sp³-hybridized carbons (Fsp3) is 0.600. The second-order valence-corrected chi connectivity index (χ2v) is 8.91. The van der Waals surface area contributed by atoms with Gasteiger partial charge in [-0.05, 0) is 74.0 Å². The van der Waals surface area contributed by atoms with Crippen LogP contribution in [0, 0.1) is 17.8 Å². The summed E-state index contributed by atoms with van der Waals surface area (Å²) in [6.45, 7) is 0.490. The van der Waals surface area contributed by atoms with Crippen LogP contribution < -0.4 is 4.74 Å². The fourth-order valence-corrected chi connectivity index (χ4v) is 6.14. The molecule has 4 saturated carbocycles. The topological polar surface area (TPSA) is 39.9 Å². The zero-order valence-electron chi connectivity index (χ0n) is 14.6. The summed E-state index contributed by atoms with van der Waals surface area (Å²) in [7, 11) is 2.06. The lowest BCUT2D eigenvalue weighted by Gasteiger charge is -2.56. The van der Waals surface area contributed by atoms with Crippen molar-refractivity contribution in [3.63, 3.8) is 0 Å². The van der Waals surface area contributed by atoms with Crippen LogP contribution in [0.1, 0.15) is 49.9 Å². The summed E-state index contributed by atoms with van der Waals surface area (Å²) >= 11 is 5.94. The Morgan fingerprint density at radius 3 is 2.24 bits per heavy atom. The SMILES string of the molecule is Cn1c(OCc2ccc(Cl)cc2)nnc1C12CC3CC(CC(C3)C1)C2. The number of hydrogen-bond donors (Lipinski definition) is 0. The van der Waals surface area contributed by atoms with Crippen molar-refractivity contribution >= 4 is 11.6 Å². The molecule has 5 heteroatoms. The Bertz CT molecular complexity index is 747. The van der Waals surface area contributed by atoms with Crippen molar-refractivity contribution in [3.05, 3.63) is 40.7 Å². The van der Waals surface area contributed by atoms with Gasteiger partial charge in [-0.25, -0.2) is 0 Å². The third kappa shape index (κ3) is 2.66. The molecule has 132 valence electrons. The molecule has 4 bridgehead atoms. The maximum Gasteiger partial charge on any atom is 0.317 e. The van der Waals surface area contributed by atoms with E-state index in [-0.39, 0.29) is 5.41 Å². The Morgan fingerprint density at radius 2 is 1.64 bits per heavy atom. The molecule has 1 aromatic carbocycles. The van der Waals surface area contributed by atoms with Crippen LogP contribution in [0.25, 0.3) is 0 Å². The molecule has 0 spiro atoms. The molecule has 0 N–H and O–H groups in total. The molecule has 1 aromatic heterocycles. The molecular formula is C20H24ClN3O. The third-order valence-corrected chi connectivity index (χ3v) is 6.88. The first-order valence-corrected chi connectivity index (χ1v) is 9.76. The molecule has 0 amide bonds. The number of aromatic nitrogens is 3. The van der Waals surface area contributed by atoms with Crippen molar-refractivity contribution in [2.24, 2.45) is 24.8 Å². The molecule has 4 nitrogen and oxygen atoms in total. The van der Waals surface area contributed by atoms with E-state index in [9.17, 15) is 0 Å². The van der Waals surface area contributed by atoms with Gasteiger partial charge in [-0.3, -0.25) is 4.57 Å². The lowest BCUT2D eigenvalue weighted by atomic mass is 9.49. The van der Waals surface area contributed by atoms with E-state index in [1.165, 1.54) is 38.5 Å². The number of halogens is 1. The van der Waals surface area contributed by atoms with Crippen LogP contribution in [0.4, 0.5) is 0 Å². The molecule has 1 heterocycles. The Hall–Kier alpha value is -1.55. The first-order chi connectivity index (χ1) is 12.1. The molecule has 0 aliphatic heterocycles. The van der Waals surface area contributed by atoms with Crippen molar-refractivity contribution in [3.8, 4) is 6.01 Å². The van der Waals surface area contributed by atoms with Crippen LogP contribution in [0.15, 0.2) is 24.3 Å². The van der Waals surface area contributed by atoms with E-state index in [0.29, 0.717) is 12.6 Å². The monoisotopic (exact) mass is 357 g/mol. The van der Waals surface area contributed by atoms with Gasteiger partial charge in [-0.2, -0.15) is 0 Å². The largest absolute Gasteiger partial charge is 0.459 e. The predicted molar refractivity (Wildman–Crippen MR) is 96.6 cm³/mol. The van der Waals surface area contributed by atoms with Crippen molar-refractivity contribution in [2.45, 2.75) is 50.5 Å². The van der Waals surface area contributed by atoms with Gasteiger partial charge < -0.3 is 4.74 Å². The van der Waals surface area contributed by atoms with E-state index >= 15 is 0 Å². The maximum atomic E-state index is 5.95. The fourth-order valence-electron chi connectivity index (χ4n) is 6.02. The number of rotatable bonds is 4. The summed E-state index contributed by atoms with van der Waals surface area (Å²) in [5.41, 5.74) is 1.34. The number of benzene rings is 1. The molecule has 4 aliphatic rings. The average molecular weight is 358 g/mol. The molecule has 0 atom stereocenters. The highest BCUT2D eigenvalue weighted by atomic mass is 35.5. The summed E-state index contributed by atoms with van der Waals surface area (Å²) in [6, 6.07) is 8.37. The van der Waals surface area contributed by atoms with E-state index in [2.05, 4.69) is 21.8 Å². The minimum absolute atomic E-state index is 0.248. The average Bonchev–Trinajstić information content (AvgIpc) is 2.95. The second kappa shape index (κ2) is 5.73. The van der Waals surface area contributed by atoms with Gasteiger partial charge in [0.05, 0.1) is 0 Å². The molecule has 4 aliphatic carbocycles. The van der Waals surface area contributed by atoms with Gasteiger partial charge in [-0.15, -0.1) is 5.10 Å². The van der Waals surface area contributed by atoms with Crippen LogP contribution in [0.3, 0.4) is 0 Å².